The Labute approximate surface area is 103 Å². The number of hydrogen-bond donors (Lipinski definition) is 2. The van der Waals surface area contributed by atoms with Crippen LogP contribution in [0.2, 0.25) is 0 Å². The first kappa shape index (κ1) is 11.9. The minimum Gasteiger partial charge on any atom is -0.476 e. The van der Waals surface area contributed by atoms with Gasteiger partial charge in [-0.1, -0.05) is 0 Å². The number of carboxylic acids is 1. The summed E-state index contributed by atoms with van der Waals surface area (Å²) < 4.78 is 0. The minimum absolute atomic E-state index is 0.0141. The van der Waals surface area contributed by atoms with Gasteiger partial charge in [-0.3, -0.25) is 9.89 Å². The number of nitrogens with zero attached hydrogens (tertiary/aromatic N) is 2. The highest BCUT2D eigenvalue weighted by molar-refractivity contribution is 6.30. The molecule has 92 valence electrons. The molecular weight excluding hydrogens is 246 g/mol. The van der Waals surface area contributed by atoms with Gasteiger partial charge in [0.05, 0.1) is 0 Å². The Bertz CT molecular complexity index is 469. The van der Waals surface area contributed by atoms with Crippen LogP contribution in [0.25, 0.3) is 0 Å². The number of aromatic carboxylic acids is 1. The number of nitrogens with one attached hydrogen (secondary N) is 1. The van der Waals surface area contributed by atoms with E-state index in [4.69, 9.17) is 16.7 Å². The number of alkyl halides is 1. The van der Waals surface area contributed by atoms with Crippen LogP contribution in [0.4, 0.5) is 0 Å². The fraction of sp³-hybridized carbons (Fsp3) is 0.500. The second-order valence-corrected chi connectivity index (χ2v) is 4.61. The normalized spacial score (nSPS) is 16.5. The average molecular weight is 258 g/mol. The maximum Gasteiger partial charge on any atom is 0.356 e. The number of carbonyl (C=O) groups is 2. The third-order valence-corrected chi connectivity index (χ3v) is 2.97. The lowest BCUT2D eigenvalue weighted by atomic mass is 10.1. The SMILES string of the molecule is CC(Cl)C(=O)N1CCc2[nH]nc(C(=O)O)c2C1. The summed E-state index contributed by atoms with van der Waals surface area (Å²) in [6.07, 6.45) is 0.574. The number of carbonyl (C=O) groups excluding carboxylic acids is 1. The fourth-order valence-corrected chi connectivity index (χ4v) is 2.05. The summed E-state index contributed by atoms with van der Waals surface area (Å²) in [4.78, 5) is 24.2. The highest BCUT2D eigenvalue weighted by Crippen LogP contribution is 2.21. The second-order valence-electron chi connectivity index (χ2n) is 3.96. The van der Waals surface area contributed by atoms with Crippen LogP contribution >= 0.6 is 11.6 Å². The van der Waals surface area contributed by atoms with Crippen LogP contribution in [0.5, 0.6) is 0 Å². The molecule has 0 spiro atoms. The van der Waals surface area contributed by atoms with Crippen molar-refractivity contribution >= 4 is 23.5 Å². The number of hydrogen-bond acceptors (Lipinski definition) is 3. The molecule has 6 nitrogen and oxygen atoms in total. The molecule has 0 saturated heterocycles. The molecular formula is C10H12ClN3O3. The van der Waals surface area contributed by atoms with Crippen LogP contribution in [0.3, 0.4) is 0 Å². The number of aromatic nitrogens is 2. The summed E-state index contributed by atoms with van der Waals surface area (Å²) in [5.41, 5.74) is 1.35. The molecule has 0 saturated carbocycles. The summed E-state index contributed by atoms with van der Waals surface area (Å²) in [6, 6.07) is 0. The molecule has 1 unspecified atom stereocenters. The lowest BCUT2D eigenvalue weighted by Gasteiger charge is -2.27. The van der Waals surface area contributed by atoms with Crippen LogP contribution < -0.4 is 0 Å². The van der Waals surface area contributed by atoms with E-state index in [1.807, 2.05) is 0 Å². The molecule has 17 heavy (non-hydrogen) atoms. The van der Waals surface area contributed by atoms with Gasteiger partial charge in [0.15, 0.2) is 5.69 Å². The van der Waals surface area contributed by atoms with Gasteiger partial charge in [0, 0.05) is 30.8 Å². The van der Waals surface area contributed by atoms with E-state index >= 15 is 0 Å². The highest BCUT2D eigenvalue weighted by Gasteiger charge is 2.28. The van der Waals surface area contributed by atoms with Gasteiger partial charge in [0.2, 0.25) is 5.91 Å². The van der Waals surface area contributed by atoms with E-state index in [-0.39, 0.29) is 18.1 Å². The molecule has 2 rings (SSSR count). The Morgan fingerprint density at radius 1 is 1.59 bits per heavy atom. The van der Waals surface area contributed by atoms with Crippen molar-refractivity contribution in [1.29, 1.82) is 0 Å². The van der Waals surface area contributed by atoms with E-state index in [9.17, 15) is 9.59 Å². The Kier molecular flexibility index (Phi) is 3.06. The topological polar surface area (TPSA) is 86.3 Å². The Hall–Kier alpha value is -1.56. The van der Waals surface area contributed by atoms with Gasteiger partial charge >= 0.3 is 5.97 Å². The molecule has 0 aliphatic carbocycles. The maximum atomic E-state index is 11.7. The van der Waals surface area contributed by atoms with Crippen molar-refractivity contribution in [3.63, 3.8) is 0 Å². The maximum absolute atomic E-state index is 11.7. The summed E-state index contributed by atoms with van der Waals surface area (Å²) in [7, 11) is 0. The molecule has 1 aromatic heterocycles. The number of rotatable bonds is 2. The van der Waals surface area contributed by atoms with Gasteiger partial charge in [0.25, 0.3) is 0 Å². The van der Waals surface area contributed by atoms with Crippen LogP contribution in [0, 0.1) is 0 Å². The molecule has 2 N–H and O–H groups in total. The van der Waals surface area contributed by atoms with Crippen molar-refractivity contribution in [3.05, 3.63) is 17.0 Å². The first-order valence-electron chi connectivity index (χ1n) is 5.23. The van der Waals surface area contributed by atoms with Crippen molar-refractivity contribution in [2.45, 2.75) is 25.3 Å². The van der Waals surface area contributed by atoms with Crippen LogP contribution in [0.1, 0.15) is 28.7 Å². The fourth-order valence-electron chi connectivity index (χ4n) is 1.91. The van der Waals surface area contributed by atoms with E-state index in [1.165, 1.54) is 0 Å². The summed E-state index contributed by atoms with van der Waals surface area (Å²) in [5.74, 6) is -1.27. The second kappa shape index (κ2) is 4.37. The smallest absolute Gasteiger partial charge is 0.356 e. The van der Waals surface area contributed by atoms with E-state index in [0.717, 1.165) is 5.69 Å². The molecule has 1 aliphatic heterocycles. The van der Waals surface area contributed by atoms with Gasteiger partial charge in [-0.25, -0.2) is 4.79 Å². The van der Waals surface area contributed by atoms with Gasteiger partial charge in [-0.05, 0) is 6.92 Å². The number of aromatic amines is 1. The van der Waals surface area contributed by atoms with E-state index in [2.05, 4.69) is 10.2 Å². The zero-order valence-electron chi connectivity index (χ0n) is 9.23. The standard InChI is InChI=1S/C10H12ClN3O3/c1-5(11)9(15)14-3-2-7-6(4-14)8(10(16)17)13-12-7/h5H,2-4H2,1H3,(H,12,13)(H,16,17). The monoisotopic (exact) mass is 257 g/mol. The van der Waals surface area contributed by atoms with Crippen LogP contribution in [-0.2, 0) is 17.8 Å². The van der Waals surface area contributed by atoms with Crippen LogP contribution in [0.15, 0.2) is 0 Å². The Balaban J connectivity index is 2.25. The Morgan fingerprint density at radius 3 is 2.88 bits per heavy atom. The zero-order valence-corrected chi connectivity index (χ0v) is 9.99. The van der Waals surface area contributed by atoms with Gasteiger partial charge in [-0.15, -0.1) is 11.6 Å². The number of H-pyrrole nitrogens is 1. The molecule has 1 aliphatic rings. The van der Waals surface area contributed by atoms with Crippen molar-refractivity contribution < 1.29 is 14.7 Å². The third-order valence-electron chi connectivity index (χ3n) is 2.79. The minimum atomic E-state index is -1.09. The number of amides is 1. The van der Waals surface area contributed by atoms with Gasteiger partial charge in [0.1, 0.15) is 5.38 Å². The first-order chi connectivity index (χ1) is 8.00. The predicted octanol–water partition coefficient (Wildman–Crippen LogP) is 0.620. The van der Waals surface area contributed by atoms with Gasteiger partial charge < -0.3 is 10.0 Å². The quantitative estimate of drug-likeness (QED) is 0.761. The first-order valence-corrected chi connectivity index (χ1v) is 5.66. The van der Waals surface area contributed by atoms with Crippen molar-refractivity contribution in [2.75, 3.05) is 6.54 Å². The highest BCUT2D eigenvalue weighted by atomic mass is 35.5. The lowest BCUT2D eigenvalue weighted by molar-refractivity contribution is -0.131. The van der Waals surface area contributed by atoms with Gasteiger partial charge in [-0.2, -0.15) is 5.10 Å². The molecule has 0 fully saturated rings. The van der Waals surface area contributed by atoms with Crippen molar-refractivity contribution in [3.8, 4) is 0 Å². The molecule has 0 aromatic carbocycles. The molecule has 0 radical (unpaired) electrons. The number of halogens is 1. The third kappa shape index (κ3) is 2.12. The summed E-state index contributed by atoms with van der Waals surface area (Å²) in [6.45, 7) is 2.39. The molecule has 1 atom stereocenters. The average Bonchev–Trinajstić information content (AvgIpc) is 2.70. The Morgan fingerprint density at radius 2 is 2.29 bits per heavy atom. The van der Waals surface area contributed by atoms with Crippen molar-refractivity contribution in [1.82, 2.24) is 15.1 Å². The van der Waals surface area contributed by atoms with Crippen molar-refractivity contribution in [2.24, 2.45) is 0 Å². The molecule has 0 bridgehead atoms. The van der Waals surface area contributed by atoms with Crippen LogP contribution in [-0.4, -0.2) is 44.0 Å². The molecule has 1 amide bonds. The summed E-state index contributed by atoms with van der Waals surface area (Å²) >= 11 is 5.73. The van der Waals surface area contributed by atoms with E-state index in [0.29, 0.717) is 18.5 Å². The van der Waals surface area contributed by atoms with E-state index < -0.39 is 11.3 Å². The molecule has 1 aromatic rings. The summed E-state index contributed by atoms with van der Waals surface area (Å²) in [5, 5.41) is 14.8. The molecule has 7 heteroatoms. The van der Waals surface area contributed by atoms with E-state index in [1.54, 1.807) is 11.8 Å². The predicted molar refractivity (Wildman–Crippen MR) is 60.0 cm³/mol. The zero-order chi connectivity index (χ0) is 12.6. The largest absolute Gasteiger partial charge is 0.476 e. The lowest BCUT2D eigenvalue weighted by Crippen LogP contribution is -2.39. The molecule has 2 heterocycles. The number of carboxylic acid groups (broad SMARTS) is 1. The number of fused-ring (bicyclic) bond motifs is 1.